The molecule has 0 bridgehead atoms. The first kappa shape index (κ1) is 23.6. The Hall–Kier alpha value is -3.10. The fraction of sp³-hybridized carbons (Fsp3) is 0.650. The van der Waals surface area contributed by atoms with Gasteiger partial charge in [-0.15, -0.1) is 0 Å². The lowest BCUT2D eigenvalue weighted by atomic mass is 10.1. The van der Waals surface area contributed by atoms with Crippen molar-refractivity contribution in [2.45, 2.75) is 69.9 Å². The molecule has 2 aliphatic rings. The highest BCUT2D eigenvalue weighted by atomic mass is 19.4. The third-order valence-corrected chi connectivity index (χ3v) is 5.18. The van der Waals surface area contributed by atoms with E-state index in [1.54, 1.807) is 20.8 Å². The standard InChI is InChI=1S/C20H25F3N6O3/c1-19(2,3)32-18(31)29-11-12(26-17-25-7-6-15(27-17)20(21,22)23)9-14(29)16(30)28-8-4-5-13(28)10-24/h6-7,12-14H,4-5,8-9,11H2,1-3H3,(H,25,26,27)/t12-,13?,14-/m0/s1. The van der Waals surface area contributed by atoms with Gasteiger partial charge in [0, 0.05) is 25.3 Å². The smallest absolute Gasteiger partial charge is 0.433 e. The lowest BCUT2D eigenvalue weighted by molar-refractivity contribution is -0.141. The molecule has 0 radical (unpaired) electrons. The second kappa shape index (κ2) is 8.80. The molecule has 3 rings (SSSR count). The molecule has 1 aromatic heterocycles. The zero-order valence-corrected chi connectivity index (χ0v) is 18.0. The molecule has 3 heterocycles. The summed E-state index contributed by atoms with van der Waals surface area (Å²) >= 11 is 0. The molecule has 1 unspecified atom stereocenters. The first-order valence-electron chi connectivity index (χ1n) is 10.3. The predicted molar refractivity (Wildman–Crippen MR) is 106 cm³/mol. The predicted octanol–water partition coefficient (Wildman–Crippen LogP) is 2.80. The second-order valence-electron chi connectivity index (χ2n) is 8.81. The van der Waals surface area contributed by atoms with Crippen LogP contribution in [0.1, 0.15) is 45.7 Å². The minimum atomic E-state index is -4.63. The molecule has 1 N–H and O–H groups in total. The van der Waals surface area contributed by atoms with E-state index in [9.17, 15) is 28.0 Å². The molecule has 12 heteroatoms. The molecule has 0 aliphatic carbocycles. The normalized spacial score (nSPS) is 23.7. The summed E-state index contributed by atoms with van der Waals surface area (Å²) in [5, 5.41) is 12.1. The number of rotatable bonds is 3. The molecule has 0 saturated carbocycles. The number of nitriles is 1. The molecule has 2 amide bonds. The van der Waals surface area contributed by atoms with Crippen LogP contribution in [0.3, 0.4) is 0 Å². The van der Waals surface area contributed by atoms with Crippen LogP contribution >= 0.6 is 0 Å². The number of halogens is 3. The monoisotopic (exact) mass is 454 g/mol. The van der Waals surface area contributed by atoms with Crippen LogP contribution in [0.15, 0.2) is 12.3 Å². The van der Waals surface area contributed by atoms with E-state index in [4.69, 9.17) is 4.74 Å². The highest BCUT2D eigenvalue weighted by molar-refractivity contribution is 5.87. The number of carbonyl (C=O) groups is 2. The van der Waals surface area contributed by atoms with E-state index in [1.165, 1.54) is 9.80 Å². The van der Waals surface area contributed by atoms with Gasteiger partial charge in [-0.1, -0.05) is 0 Å². The van der Waals surface area contributed by atoms with Crippen LogP contribution in [-0.2, 0) is 15.7 Å². The van der Waals surface area contributed by atoms with Crippen LogP contribution in [0, 0.1) is 11.3 Å². The van der Waals surface area contributed by atoms with Gasteiger partial charge in [0.25, 0.3) is 0 Å². The van der Waals surface area contributed by atoms with Crippen LogP contribution in [0.25, 0.3) is 0 Å². The van der Waals surface area contributed by atoms with E-state index in [0.29, 0.717) is 19.4 Å². The Morgan fingerprint density at radius 1 is 1.28 bits per heavy atom. The summed E-state index contributed by atoms with van der Waals surface area (Å²) in [6.07, 6.45) is -2.99. The van der Waals surface area contributed by atoms with Crippen LogP contribution in [0.2, 0.25) is 0 Å². The summed E-state index contributed by atoms with van der Waals surface area (Å²) in [7, 11) is 0. The fourth-order valence-electron chi connectivity index (χ4n) is 3.82. The van der Waals surface area contributed by atoms with Crippen molar-refractivity contribution in [3.63, 3.8) is 0 Å². The maximum atomic E-state index is 13.2. The molecule has 174 valence electrons. The average Bonchev–Trinajstić information content (AvgIpc) is 3.32. The SMILES string of the molecule is CC(C)(C)OC(=O)N1C[C@@H](Nc2nccc(C(F)(F)F)n2)C[C@H]1C(=O)N1CCCC1C#N. The molecule has 2 saturated heterocycles. The zero-order chi connectivity index (χ0) is 23.7. The summed E-state index contributed by atoms with van der Waals surface area (Å²) in [4.78, 5) is 36.0. The largest absolute Gasteiger partial charge is 0.444 e. The molecule has 9 nitrogen and oxygen atoms in total. The Morgan fingerprint density at radius 2 is 2.00 bits per heavy atom. The Balaban J connectivity index is 1.81. The molecule has 2 fully saturated rings. The van der Waals surface area contributed by atoms with Crippen molar-refractivity contribution >= 4 is 17.9 Å². The molecule has 3 atom stereocenters. The van der Waals surface area contributed by atoms with Gasteiger partial charge in [0.05, 0.1) is 6.07 Å². The molecule has 0 aromatic carbocycles. The topological polar surface area (TPSA) is 111 Å². The summed E-state index contributed by atoms with van der Waals surface area (Å²) in [5.41, 5.74) is -1.90. The van der Waals surface area contributed by atoms with Gasteiger partial charge >= 0.3 is 12.3 Å². The first-order chi connectivity index (χ1) is 14.9. The Morgan fingerprint density at radius 3 is 2.62 bits per heavy atom. The van der Waals surface area contributed by atoms with Gasteiger partial charge in [0.15, 0.2) is 0 Å². The van der Waals surface area contributed by atoms with Gasteiger partial charge in [-0.3, -0.25) is 9.69 Å². The second-order valence-corrected chi connectivity index (χ2v) is 8.81. The van der Waals surface area contributed by atoms with E-state index in [0.717, 1.165) is 12.3 Å². The molecule has 32 heavy (non-hydrogen) atoms. The number of anilines is 1. The number of carbonyl (C=O) groups excluding carboxylic acids is 2. The van der Waals surface area contributed by atoms with Crippen molar-refractivity contribution in [1.82, 2.24) is 19.8 Å². The number of hydrogen-bond acceptors (Lipinski definition) is 7. The van der Waals surface area contributed by atoms with Crippen LogP contribution < -0.4 is 5.32 Å². The maximum absolute atomic E-state index is 13.2. The number of hydrogen-bond donors (Lipinski definition) is 1. The summed E-state index contributed by atoms with van der Waals surface area (Å²) in [6.45, 7) is 5.49. The van der Waals surface area contributed by atoms with Crippen molar-refractivity contribution in [3.8, 4) is 6.07 Å². The molecule has 1 aromatic rings. The number of aromatic nitrogens is 2. The Kier molecular flexibility index (Phi) is 6.48. The van der Waals surface area contributed by atoms with E-state index < -0.39 is 41.7 Å². The van der Waals surface area contributed by atoms with E-state index >= 15 is 0 Å². The van der Waals surface area contributed by atoms with Crippen LogP contribution in [0.4, 0.5) is 23.9 Å². The fourth-order valence-corrected chi connectivity index (χ4v) is 3.82. The minimum Gasteiger partial charge on any atom is -0.444 e. The third-order valence-electron chi connectivity index (χ3n) is 5.18. The van der Waals surface area contributed by atoms with Crippen molar-refractivity contribution in [1.29, 1.82) is 5.26 Å². The Bertz CT molecular complexity index is 911. The third kappa shape index (κ3) is 5.38. The van der Waals surface area contributed by atoms with Crippen LogP contribution in [0.5, 0.6) is 0 Å². The average molecular weight is 454 g/mol. The molecular weight excluding hydrogens is 429 g/mol. The lowest BCUT2D eigenvalue weighted by Crippen LogP contribution is -2.50. The van der Waals surface area contributed by atoms with Gasteiger partial charge in [-0.05, 0) is 46.1 Å². The number of ether oxygens (including phenoxy) is 1. The highest BCUT2D eigenvalue weighted by Gasteiger charge is 2.45. The molecule has 0 spiro atoms. The van der Waals surface area contributed by atoms with Gasteiger partial charge in [-0.25, -0.2) is 14.8 Å². The number of nitrogens with one attached hydrogen (secondary N) is 1. The molecular formula is C20H25F3N6O3. The molecule has 2 aliphatic heterocycles. The minimum absolute atomic E-state index is 0.00991. The van der Waals surface area contributed by atoms with Crippen molar-refractivity contribution in [2.24, 2.45) is 0 Å². The van der Waals surface area contributed by atoms with Crippen LogP contribution in [-0.4, -0.2) is 68.6 Å². The van der Waals surface area contributed by atoms with Gasteiger partial charge < -0.3 is 15.0 Å². The summed E-state index contributed by atoms with van der Waals surface area (Å²) in [6, 6.07) is 0.796. The highest BCUT2D eigenvalue weighted by Crippen LogP contribution is 2.30. The van der Waals surface area contributed by atoms with E-state index in [1.807, 2.05) is 0 Å². The van der Waals surface area contributed by atoms with E-state index in [2.05, 4.69) is 21.4 Å². The van der Waals surface area contributed by atoms with Gasteiger partial charge in [0.2, 0.25) is 11.9 Å². The quantitative estimate of drug-likeness (QED) is 0.748. The Labute approximate surface area is 183 Å². The van der Waals surface area contributed by atoms with Crippen molar-refractivity contribution in [2.75, 3.05) is 18.4 Å². The lowest BCUT2D eigenvalue weighted by Gasteiger charge is -2.30. The summed E-state index contributed by atoms with van der Waals surface area (Å²) < 4.78 is 44.3. The maximum Gasteiger partial charge on any atom is 0.433 e. The van der Waals surface area contributed by atoms with Gasteiger partial charge in [-0.2, -0.15) is 18.4 Å². The van der Waals surface area contributed by atoms with Crippen molar-refractivity contribution < 1.29 is 27.5 Å². The van der Waals surface area contributed by atoms with Crippen molar-refractivity contribution in [3.05, 3.63) is 18.0 Å². The number of likely N-dealkylation sites (tertiary alicyclic amines) is 2. The number of alkyl halides is 3. The summed E-state index contributed by atoms with van der Waals surface area (Å²) in [5.74, 6) is -0.632. The van der Waals surface area contributed by atoms with Gasteiger partial charge in [0.1, 0.15) is 23.4 Å². The number of amides is 2. The van der Waals surface area contributed by atoms with E-state index in [-0.39, 0.29) is 24.8 Å². The first-order valence-corrected chi connectivity index (χ1v) is 10.3. The number of nitrogens with zero attached hydrogens (tertiary/aromatic N) is 5. The zero-order valence-electron chi connectivity index (χ0n) is 18.0.